The molecule has 0 spiro atoms. The number of aromatic nitrogens is 4. The van der Waals surface area contributed by atoms with Crippen LogP contribution in [0.25, 0.3) is 11.2 Å². The highest BCUT2D eigenvalue weighted by Crippen LogP contribution is 2.44. The van der Waals surface area contributed by atoms with Crippen molar-refractivity contribution in [3.63, 3.8) is 0 Å². The highest BCUT2D eigenvalue weighted by atomic mass is 16.6. The fraction of sp³-hybridized carbons (Fsp3) is 0.464. The number of carbonyl (C=O) groups is 2. The Balaban J connectivity index is 1.70. The zero-order valence-corrected chi connectivity index (χ0v) is 22.6. The van der Waals surface area contributed by atoms with Gasteiger partial charge in [-0.05, 0) is 32.8 Å². The Morgan fingerprint density at radius 2 is 1.85 bits per heavy atom. The van der Waals surface area contributed by atoms with Crippen LogP contribution in [0.3, 0.4) is 0 Å². The number of anilines is 1. The van der Waals surface area contributed by atoms with Gasteiger partial charge in [-0.1, -0.05) is 36.3 Å². The fourth-order valence-corrected chi connectivity index (χ4v) is 5.11. The molecule has 4 N–H and O–H groups in total. The predicted molar refractivity (Wildman–Crippen MR) is 144 cm³/mol. The number of benzene rings is 1. The van der Waals surface area contributed by atoms with Crippen LogP contribution in [0.1, 0.15) is 37.7 Å². The molecule has 1 fully saturated rings. The molecule has 3 aromatic rings. The molecule has 40 heavy (non-hydrogen) atoms. The number of aliphatic hydroxyl groups is 2. The van der Waals surface area contributed by atoms with Crippen molar-refractivity contribution in [2.24, 2.45) is 5.92 Å². The minimum atomic E-state index is -2.17. The first kappa shape index (κ1) is 28.9. The smallest absolute Gasteiger partial charge is 0.350 e. The second-order valence-electron chi connectivity index (χ2n) is 9.64. The molecule has 0 aliphatic heterocycles. The minimum absolute atomic E-state index is 0.00520. The number of hydrogen-bond acceptors (Lipinski definition) is 11. The van der Waals surface area contributed by atoms with E-state index in [1.54, 1.807) is 55.7 Å². The molecule has 2 heterocycles. The molecule has 12 heteroatoms. The van der Waals surface area contributed by atoms with Crippen LogP contribution in [0.5, 0.6) is 0 Å². The fourth-order valence-electron chi connectivity index (χ4n) is 5.11. The van der Waals surface area contributed by atoms with Crippen LogP contribution in [-0.2, 0) is 30.2 Å². The van der Waals surface area contributed by atoms with E-state index >= 15 is 0 Å². The molecule has 1 aromatic carbocycles. The largest absolute Gasteiger partial charge is 0.463 e. The summed E-state index contributed by atoms with van der Waals surface area (Å²) >= 11 is 0. The first-order valence-electron chi connectivity index (χ1n) is 13.0. The van der Waals surface area contributed by atoms with Gasteiger partial charge in [0.1, 0.15) is 17.4 Å². The topological polar surface area (TPSA) is 172 Å². The zero-order chi connectivity index (χ0) is 29.1. The summed E-state index contributed by atoms with van der Waals surface area (Å²) in [5.74, 6) is 0.110. The highest BCUT2D eigenvalue weighted by Gasteiger charge is 2.57. The van der Waals surface area contributed by atoms with Gasteiger partial charge in [0.2, 0.25) is 0 Å². The molecule has 2 aromatic heterocycles. The number of carbonyl (C=O) groups excluding carboxylic acids is 2. The van der Waals surface area contributed by atoms with Crippen molar-refractivity contribution in [1.29, 1.82) is 0 Å². The van der Waals surface area contributed by atoms with Gasteiger partial charge in [-0.2, -0.15) is 0 Å². The lowest BCUT2D eigenvalue weighted by Crippen LogP contribution is -2.55. The second kappa shape index (κ2) is 11.6. The van der Waals surface area contributed by atoms with E-state index < -0.39 is 41.2 Å². The van der Waals surface area contributed by atoms with Crippen molar-refractivity contribution >= 4 is 28.9 Å². The predicted octanol–water partition coefficient (Wildman–Crippen LogP) is 1.13. The molecule has 4 atom stereocenters. The monoisotopic (exact) mass is 551 g/mol. The number of fused-ring (bicyclic) bond motifs is 1. The number of aryl methyl sites for hydroxylation is 1. The molecule has 0 saturated heterocycles. The van der Waals surface area contributed by atoms with Crippen molar-refractivity contribution in [3.05, 3.63) is 48.0 Å². The van der Waals surface area contributed by atoms with Crippen molar-refractivity contribution in [2.75, 3.05) is 25.6 Å². The summed E-state index contributed by atoms with van der Waals surface area (Å²) in [5.41, 5.74) is 3.08. The molecule has 0 radical (unpaired) electrons. The molecule has 4 rings (SSSR count). The average molecular weight is 552 g/mol. The lowest BCUT2D eigenvalue weighted by Gasteiger charge is -2.33. The van der Waals surface area contributed by atoms with Gasteiger partial charge in [0.05, 0.1) is 32.2 Å². The van der Waals surface area contributed by atoms with Crippen LogP contribution >= 0.6 is 0 Å². The summed E-state index contributed by atoms with van der Waals surface area (Å²) in [6.45, 7) is 4.51. The third kappa shape index (κ3) is 5.11. The number of esters is 2. The third-order valence-corrected chi connectivity index (χ3v) is 7.15. The molecule has 0 unspecified atom stereocenters. The maximum atomic E-state index is 13.3. The van der Waals surface area contributed by atoms with Gasteiger partial charge in [0.15, 0.2) is 17.1 Å². The summed E-state index contributed by atoms with van der Waals surface area (Å²) in [7, 11) is 0. The average Bonchev–Trinajstić information content (AvgIpc) is 3.46. The Labute approximate surface area is 231 Å². The van der Waals surface area contributed by atoms with Gasteiger partial charge in [0.25, 0.3) is 5.60 Å². The Bertz CT molecular complexity index is 1400. The zero-order valence-electron chi connectivity index (χ0n) is 22.6. The van der Waals surface area contributed by atoms with Crippen LogP contribution in [0, 0.1) is 25.2 Å². The van der Waals surface area contributed by atoms with Crippen molar-refractivity contribution in [3.8, 4) is 12.3 Å². The molecule has 1 aliphatic rings. The molecular formula is C28H33N5O7. The van der Waals surface area contributed by atoms with Gasteiger partial charge in [-0.15, -0.1) is 6.42 Å². The number of nitrogens with zero attached hydrogens (tertiary/aromatic N) is 4. The normalized spacial score (nSPS) is 22.6. The maximum Gasteiger partial charge on any atom is 0.350 e. The van der Waals surface area contributed by atoms with E-state index in [-0.39, 0.29) is 38.5 Å². The summed E-state index contributed by atoms with van der Waals surface area (Å²) < 4.78 is 18.2. The molecule has 12 nitrogen and oxygen atoms in total. The van der Waals surface area contributed by atoms with E-state index in [1.807, 2.05) is 0 Å². The quantitative estimate of drug-likeness (QED) is 0.187. The maximum absolute atomic E-state index is 13.3. The molecule has 212 valence electrons. The molecule has 0 amide bonds. The summed E-state index contributed by atoms with van der Waals surface area (Å²) in [6, 6.07) is 8.03. The van der Waals surface area contributed by atoms with Crippen LogP contribution in [0.4, 0.5) is 5.82 Å². The Hall–Kier alpha value is -4.05. The Kier molecular flexibility index (Phi) is 8.39. The second-order valence-corrected chi connectivity index (χ2v) is 9.64. The lowest BCUT2D eigenvalue weighted by molar-refractivity contribution is -0.195. The van der Waals surface area contributed by atoms with E-state index in [9.17, 15) is 19.8 Å². The van der Waals surface area contributed by atoms with E-state index in [4.69, 9.17) is 26.4 Å². The van der Waals surface area contributed by atoms with Crippen molar-refractivity contribution < 1.29 is 34.0 Å². The van der Waals surface area contributed by atoms with Gasteiger partial charge < -0.3 is 34.7 Å². The first-order valence-corrected chi connectivity index (χ1v) is 13.0. The number of nitrogen functional groups attached to an aromatic ring is 1. The molecule has 1 saturated carbocycles. The van der Waals surface area contributed by atoms with E-state index in [0.717, 1.165) is 0 Å². The number of aliphatic hydroxyl groups excluding tert-OH is 1. The first-order chi connectivity index (χ1) is 19.1. The number of hydrogen-bond donors (Lipinski definition) is 3. The van der Waals surface area contributed by atoms with Crippen LogP contribution in [-0.4, -0.2) is 78.8 Å². The van der Waals surface area contributed by atoms with Crippen LogP contribution in [0.2, 0.25) is 0 Å². The van der Waals surface area contributed by atoms with E-state index in [2.05, 4.69) is 20.9 Å². The molecule has 0 bridgehead atoms. The third-order valence-electron chi connectivity index (χ3n) is 7.15. The van der Waals surface area contributed by atoms with E-state index in [0.29, 0.717) is 22.6 Å². The summed E-state index contributed by atoms with van der Waals surface area (Å²) in [6.07, 6.45) is 5.63. The standard InChI is InChI=1S/C28H33N5O7/c1-5-27(37)19(13-20(22(27)34)33-16-30-21-23(29)31-17(4)32-24(21)33)15-40-28(25(35)38-6-2,26(36)39-7-3)14-18-11-9-8-10-12-18/h1,8-12,16,19-20,22,34,37H,6-7,13-15H2,2-4H3,(H2,29,31,32)/t19-,20-,22+,27-/m1/s1. The van der Waals surface area contributed by atoms with Gasteiger partial charge in [-0.3, -0.25) is 0 Å². The summed E-state index contributed by atoms with van der Waals surface area (Å²) in [5, 5.41) is 22.7. The Morgan fingerprint density at radius 1 is 1.20 bits per heavy atom. The number of imidazole rings is 1. The number of terminal acetylenes is 1. The molecule has 1 aliphatic carbocycles. The van der Waals surface area contributed by atoms with Gasteiger partial charge in [-0.25, -0.2) is 24.5 Å². The number of rotatable bonds is 10. The number of ether oxygens (including phenoxy) is 3. The van der Waals surface area contributed by atoms with Crippen molar-refractivity contribution in [2.45, 2.75) is 57.0 Å². The van der Waals surface area contributed by atoms with Crippen LogP contribution in [0.15, 0.2) is 36.7 Å². The lowest BCUT2D eigenvalue weighted by atomic mass is 9.89. The van der Waals surface area contributed by atoms with Crippen molar-refractivity contribution in [1.82, 2.24) is 19.5 Å². The molecular weight excluding hydrogens is 518 g/mol. The minimum Gasteiger partial charge on any atom is -0.463 e. The number of nitrogens with two attached hydrogens (primary N) is 1. The van der Waals surface area contributed by atoms with Crippen LogP contribution < -0.4 is 5.73 Å². The summed E-state index contributed by atoms with van der Waals surface area (Å²) in [4.78, 5) is 39.4. The highest BCUT2D eigenvalue weighted by molar-refractivity contribution is 6.04. The SMILES string of the molecule is C#C[C@@]1(O)[C@@H](COC(Cc2ccccc2)(C(=O)OCC)C(=O)OCC)C[C@@H](n2cnc3c(N)nc(C)nc32)[C@@H]1O. The van der Waals surface area contributed by atoms with E-state index in [1.165, 1.54) is 6.33 Å². The Morgan fingerprint density at radius 3 is 2.45 bits per heavy atom. The van der Waals surface area contributed by atoms with Gasteiger partial charge >= 0.3 is 11.9 Å². The van der Waals surface area contributed by atoms with Gasteiger partial charge in [0, 0.05) is 12.3 Å².